The third-order valence-electron chi connectivity index (χ3n) is 4.88. The van der Waals surface area contributed by atoms with Gasteiger partial charge in [-0.25, -0.2) is 0 Å². The maximum atomic E-state index is 12.6. The van der Waals surface area contributed by atoms with Crippen LogP contribution in [0.25, 0.3) is 0 Å². The molecule has 0 saturated carbocycles. The number of para-hydroxylation sites is 2. The molecule has 3 rings (SSSR count). The molecule has 1 fully saturated rings. The standard InChI is InChI=1S/C20H23N3O4/c1-27-19-5-3-2-4-18(19)21-20(24)16-10-12-22(13-11-16)14-15-6-8-17(9-7-15)23(25)26/h2-9,16H,10-14H2,1H3,(H,21,24). The molecule has 7 heteroatoms. The number of hydrogen-bond acceptors (Lipinski definition) is 5. The van der Waals surface area contributed by atoms with Crippen molar-refractivity contribution in [2.45, 2.75) is 19.4 Å². The van der Waals surface area contributed by atoms with Gasteiger partial charge in [0, 0.05) is 24.6 Å². The Morgan fingerprint density at radius 3 is 2.48 bits per heavy atom. The van der Waals surface area contributed by atoms with E-state index in [4.69, 9.17) is 4.74 Å². The van der Waals surface area contributed by atoms with E-state index >= 15 is 0 Å². The average molecular weight is 369 g/mol. The summed E-state index contributed by atoms with van der Waals surface area (Å²) in [5.41, 5.74) is 1.83. The van der Waals surface area contributed by atoms with Crippen LogP contribution in [0.3, 0.4) is 0 Å². The minimum atomic E-state index is -0.393. The van der Waals surface area contributed by atoms with Gasteiger partial charge in [0.2, 0.25) is 5.91 Å². The second kappa shape index (κ2) is 8.64. The molecule has 2 aromatic carbocycles. The van der Waals surface area contributed by atoms with E-state index in [-0.39, 0.29) is 17.5 Å². The molecule has 142 valence electrons. The largest absolute Gasteiger partial charge is 0.495 e. The van der Waals surface area contributed by atoms with Crippen molar-refractivity contribution in [2.75, 3.05) is 25.5 Å². The summed E-state index contributed by atoms with van der Waals surface area (Å²) in [5, 5.41) is 13.7. The maximum absolute atomic E-state index is 12.6. The number of nitrogens with zero attached hydrogens (tertiary/aromatic N) is 2. The highest BCUT2D eigenvalue weighted by molar-refractivity contribution is 5.94. The summed E-state index contributed by atoms with van der Waals surface area (Å²) in [5.74, 6) is 0.652. The van der Waals surface area contributed by atoms with Gasteiger partial charge in [0.25, 0.3) is 5.69 Å². The molecule has 27 heavy (non-hydrogen) atoms. The van der Waals surface area contributed by atoms with Crippen molar-refractivity contribution in [3.8, 4) is 5.75 Å². The molecule has 0 aliphatic carbocycles. The van der Waals surface area contributed by atoms with E-state index < -0.39 is 4.92 Å². The van der Waals surface area contributed by atoms with Crippen LogP contribution in [0, 0.1) is 16.0 Å². The number of benzene rings is 2. The van der Waals surface area contributed by atoms with Gasteiger partial charge < -0.3 is 10.1 Å². The first-order valence-electron chi connectivity index (χ1n) is 8.96. The number of hydrogen-bond donors (Lipinski definition) is 1. The molecule has 2 aromatic rings. The molecule has 1 heterocycles. The number of carbonyl (C=O) groups excluding carboxylic acids is 1. The van der Waals surface area contributed by atoms with Crippen molar-refractivity contribution < 1.29 is 14.5 Å². The number of rotatable bonds is 6. The molecule has 1 N–H and O–H groups in total. The molecule has 7 nitrogen and oxygen atoms in total. The van der Waals surface area contributed by atoms with Gasteiger partial charge in [0.1, 0.15) is 5.75 Å². The zero-order chi connectivity index (χ0) is 19.2. The van der Waals surface area contributed by atoms with Crippen molar-refractivity contribution >= 4 is 17.3 Å². The molecule has 1 aliphatic heterocycles. The van der Waals surface area contributed by atoms with Gasteiger partial charge in [-0.15, -0.1) is 0 Å². The smallest absolute Gasteiger partial charge is 0.269 e. The van der Waals surface area contributed by atoms with Crippen LogP contribution in [-0.2, 0) is 11.3 Å². The van der Waals surface area contributed by atoms with E-state index in [2.05, 4.69) is 10.2 Å². The topological polar surface area (TPSA) is 84.7 Å². The number of nitro groups is 1. The first-order valence-corrected chi connectivity index (χ1v) is 8.96. The molecule has 0 atom stereocenters. The zero-order valence-corrected chi connectivity index (χ0v) is 15.3. The van der Waals surface area contributed by atoms with E-state index in [0.29, 0.717) is 11.4 Å². The first kappa shape index (κ1) is 18.8. The van der Waals surface area contributed by atoms with Gasteiger partial charge in [-0.05, 0) is 43.6 Å². The van der Waals surface area contributed by atoms with Crippen LogP contribution in [0.4, 0.5) is 11.4 Å². The Kier molecular flexibility index (Phi) is 6.03. The summed E-state index contributed by atoms with van der Waals surface area (Å²) < 4.78 is 5.28. The van der Waals surface area contributed by atoms with E-state index in [9.17, 15) is 14.9 Å². The summed E-state index contributed by atoms with van der Waals surface area (Å²) in [6, 6.07) is 14.0. The third-order valence-corrected chi connectivity index (χ3v) is 4.88. The highest BCUT2D eigenvalue weighted by Gasteiger charge is 2.25. The quantitative estimate of drug-likeness (QED) is 0.623. The van der Waals surface area contributed by atoms with E-state index in [1.807, 2.05) is 24.3 Å². The summed E-state index contributed by atoms with van der Waals surface area (Å²) in [6.07, 6.45) is 1.57. The van der Waals surface area contributed by atoms with Crippen LogP contribution in [0.15, 0.2) is 48.5 Å². The van der Waals surface area contributed by atoms with Gasteiger partial charge >= 0.3 is 0 Å². The number of ether oxygens (including phenoxy) is 1. The Morgan fingerprint density at radius 2 is 1.85 bits per heavy atom. The Balaban J connectivity index is 1.51. The van der Waals surface area contributed by atoms with Crippen molar-refractivity contribution in [2.24, 2.45) is 5.92 Å². The summed E-state index contributed by atoms with van der Waals surface area (Å²) in [4.78, 5) is 25.2. The van der Waals surface area contributed by atoms with Crippen molar-refractivity contribution in [3.63, 3.8) is 0 Å². The molecular weight excluding hydrogens is 346 g/mol. The molecule has 0 radical (unpaired) electrons. The van der Waals surface area contributed by atoms with Gasteiger partial charge in [-0.2, -0.15) is 0 Å². The van der Waals surface area contributed by atoms with Crippen molar-refractivity contribution in [1.29, 1.82) is 0 Å². The number of anilines is 1. The van der Waals surface area contributed by atoms with Gasteiger partial charge in [0.05, 0.1) is 17.7 Å². The Morgan fingerprint density at radius 1 is 1.19 bits per heavy atom. The summed E-state index contributed by atoms with van der Waals surface area (Å²) in [6.45, 7) is 2.38. The average Bonchev–Trinajstić information content (AvgIpc) is 2.69. The number of amides is 1. The Bertz CT molecular complexity index is 799. The fourth-order valence-electron chi connectivity index (χ4n) is 3.32. The lowest BCUT2D eigenvalue weighted by Gasteiger charge is -2.31. The molecular formula is C20H23N3O4. The lowest BCUT2D eigenvalue weighted by molar-refractivity contribution is -0.384. The van der Waals surface area contributed by atoms with Crippen LogP contribution >= 0.6 is 0 Å². The van der Waals surface area contributed by atoms with Crippen LogP contribution in [0.1, 0.15) is 18.4 Å². The van der Waals surface area contributed by atoms with E-state index in [0.717, 1.165) is 38.0 Å². The predicted molar refractivity (Wildman–Crippen MR) is 103 cm³/mol. The Labute approximate surface area is 158 Å². The fraction of sp³-hybridized carbons (Fsp3) is 0.350. The lowest BCUT2D eigenvalue weighted by Crippen LogP contribution is -2.37. The van der Waals surface area contributed by atoms with Crippen LogP contribution in [0.2, 0.25) is 0 Å². The van der Waals surface area contributed by atoms with Crippen LogP contribution < -0.4 is 10.1 Å². The second-order valence-corrected chi connectivity index (χ2v) is 6.66. The highest BCUT2D eigenvalue weighted by atomic mass is 16.6. The monoisotopic (exact) mass is 369 g/mol. The van der Waals surface area contributed by atoms with Crippen LogP contribution in [0.5, 0.6) is 5.75 Å². The summed E-state index contributed by atoms with van der Waals surface area (Å²) in [7, 11) is 1.58. The third kappa shape index (κ3) is 4.83. The number of carbonyl (C=O) groups is 1. The summed E-state index contributed by atoms with van der Waals surface area (Å²) >= 11 is 0. The van der Waals surface area contributed by atoms with Gasteiger partial charge in [0.15, 0.2) is 0 Å². The van der Waals surface area contributed by atoms with Gasteiger partial charge in [-0.3, -0.25) is 19.8 Å². The number of nitro benzene ring substituents is 1. The minimum absolute atomic E-state index is 0.0227. The van der Waals surface area contributed by atoms with Gasteiger partial charge in [-0.1, -0.05) is 24.3 Å². The molecule has 0 spiro atoms. The molecule has 1 saturated heterocycles. The fourth-order valence-corrected chi connectivity index (χ4v) is 3.32. The maximum Gasteiger partial charge on any atom is 0.269 e. The molecule has 0 aromatic heterocycles. The zero-order valence-electron chi connectivity index (χ0n) is 15.3. The first-order chi connectivity index (χ1) is 13.1. The van der Waals surface area contributed by atoms with Crippen LogP contribution in [-0.4, -0.2) is 35.9 Å². The number of non-ortho nitro benzene ring substituents is 1. The number of piperidine rings is 1. The Hall–Kier alpha value is -2.93. The highest BCUT2D eigenvalue weighted by Crippen LogP contribution is 2.26. The molecule has 1 amide bonds. The molecule has 1 aliphatic rings. The minimum Gasteiger partial charge on any atom is -0.495 e. The van der Waals surface area contributed by atoms with E-state index in [1.54, 1.807) is 19.2 Å². The van der Waals surface area contributed by atoms with Crippen molar-refractivity contribution in [3.05, 3.63) is 64.2 Å². The predicted octanol–water partition coefficient (Wildman–Crippen LogP) is 3.45. The van der Waals surface area contributed by atoms with E-state index in [1.165, 1.54) is 12.1 Å². The second-order valence-electron chi connectivity index (χ2n) is 6.66. The number of methoxy groups -OCH3 is 1. The van der Waals surface area contributed by atoms with Crippen molar-refractivity contribution in [1.82, 2.24) is 4.90 Å². The lowest BCUT2D eigenvalue weighted by atomic mass is 9.95. The SMILES string of the molecule is COc1ccccc1NC(=O)C1CCN(Cc2ccc([N+](=O)[O-])cc2)CC1. The molecule has 0 bridgehead atoms. The normalized spacial score (nSPS) is 15.3. The number of nitrogens with one attached hydrogen (secondary N) is 1. The number of likely N-dealkylation sites (tertiary alicyclic amines) is 1. The molecule has 0 unspecified atom stereocenters.